The summed E-state index contributed by atoms with van der Waals surface area (Å²) in [6, 6.07) is 16.7. The van der Waals surface area contributed by atoms with Crippen LogP contribution in [-0.2, 0) is 11.2 Å². The number of hydrogen-bond acceptors (Lipinski definition) is 5. The number of hydrogen-bond donors (Lipinski definition) is 2. The monoisotopic (exact) mass is 364 g/mol. The van der Waals surface area contributed by atoms with Crippen molar-refractivity contribution < 1.29 is 14.0 Å². The summed E-state index contributed by atoms with van der Waals surface area (Å²) in [5, 5.41) is 8.01. The Morgan fingerprint density at radius 1 is 0.963 bits per heavy atom. The predicted molar refractivity (Wildman–Crippen MR) is 99.5 cm³/mol. The van der Waals surface area contributed by atoms with Crippen molar-refractivity contribution in [2.24, 2.45) is 0 Å². The first-order chi connectivity index (χ1) is 13.1. The topological polar surface area (TPSA) is 97.1 Å². The zero-order chi connectivity index (χ0) is 19.1. The molecule has 0 aliphatic rings. The molecule has 1 heterocycles. The minimum absolute atomic E-state index is 0.233. The molecule has 3 aromatic rings. The minimum Gasteiger partial charge on any atom is -0.421 e. The number of amides is 2. The van der Waals surface area contributed by atoms with Gasteiger partial charge in [0.05, 0.1) is 0 Å². The van der Waals surface area contributed by atoms with Gasteiger partial charge in [-0.2, -0.15) is 0 Å². The van der Waals surface area contributed by atoms with Crippen LogP contribution in [0, 0.1) is 6.92 Å². The highest BCUT2D eigenvalue weighted by molar-refractivity contribution is 5.96. The van der Waals surface area contributed by atoms with E-state index in [-0.39, 0.29) is 18.2 Å². The summed E-state index contributed by atoms with van der Waals surface area (Å²) in [5.41, 5.74) is 7.07. The number of nitrogens with zero attached hydrogens (tertiary/aromatic N) is 2. The molecule has 0 atom stereocenters. The van der Waals surface area contributed by atoms with Gasteiger partial charge in [-0.15, -0.1) is 10.2 Å². The molecule has 0 saturated carbocycles. The second-order valence-electron chi connectivity index (χ2n) is 6.04. The summed E-state index contributed by atoms with van der Waals surface area (Å²) in [5.74, 6) is 0.316. The van der Waals surface area contributed by atoms with Crippen LogP contribution in [0.3, 0.4) is 0 Å². The number of hydrazine groups is 1. The van der Waals surface area contributed by atoms with Gasteiger partial charge in [0.1, 0.15) is 0 Å². The van der Waals surface area contributed by atoms with Gasteiger partial charge in [-0.05, 0) is 37.1 Å². The van der Waals surface area contributed by atoms with E-state index in [0.717, 1.165) is 11.1 Å². The molecular formula is C20H20N4O3. The number of rotatable bonds is 6. The van der Waals surface area contributed by atoms with E-state index in [1.807, 2.05) is 49.4 Å². The summed E-state index contributed by atoms with van der Waals surface area (Å²) in [6.07, 6.45) is 1.25. The van der Waals surface area contributed by atoms with Crippen molar-refractivity contribution in [2.75, 3.05) is 0 Å². The Morgan fingerprint density at radius 2 is 1.70 bits per heavy atom. The van der Waals surface area contributed by atoms with Crippen LogP contribution in [0.25, 0.3) is 11.5 Å². The molecule has 0 fully saturated rings. The van der Waals surface area contributed by atoms with Gasteiger partial charge in [0, 0.05) is 24.0 Å². The Labute approximate surface area is 156 Å². The van der Waals surface area contributed by atoms with E-state index in [9.17, 15) is 9.59 Å². The fourth-order valence-corrected chi connectivity index (χ4v) is 2.54. The lowest BCUT2D eigenvalue weighted by Crippen LogP contribution is -2.41. The van der Waals surface area contributed by atoms with Gasteiger partial charge in [0.15, 0.2) is 0 Å². The molecule has 2 N–H and O–H groups in total. The summed E-state index contributed by atoms with van der Waals surface area (Å²) in [4.78, 5) is 23.9. The first-order valence-electron chi connectivity index (χ1n) is 8.66. The molecule has 0 bridgehead atoms. The summed E-state index contributed by atoms with van der Waals surface area (Å²) in [7, 11) is 0. The Hall–Kier alpha value is -3.48. The second-order valence-corrected chi connectivity index (χ2v) is 6.04. The zero-order valence-electron chi connectivity index (χ0n) is 14.9. The Kier molecular flexibility index (Phi) is 5.94. The third-order valence-electron chi connectivity index (χ3n) is 3.99. The van der Waals surface area contributed by atoms with Crippen LogP contribution in [0.15, 0.2) is 59.0 Å². The molecule has 138 valence electrons. The molecule has 2 amide bonds. The maximum absolute atomic E-state index is 12.0. The Morgan fingerprint density at radius 3 is 2.48 bits per heavy atom. The molecule has 3 rings (SSSR count). The lowest BCUT2D eigenvalue weighted by atomic mass is 10.1. The predicted octanol–water partition coefficient (Wildman–Crippen LogP) is 2.83. The minimum atomic E-state index is -0.342. The van der Waals surface area contributed by atoms with E-state index in [4.69, 9.17) is 4.42 Å². The smallest absolute Gasteiger partial charge is 0.269 e. The van der Waals surface area contributed by atoms with Gasteiger partial charge >= 0.3 is 0 Å². The lowest BCUT2D eigenvalue weighted by Gasteiger charge is -2.08. The molecule has 1 aromatic heterocycles. The summed E-state index contributed by atoms with van der Waals surface area (Å²) >= 11 is 0. The lowest BCUT2D eigenvalue weighted by molar-refractivity contribution is -0.121. The fourth-order valence-electron chi connectivity index (χ4n) is 2.54. The molecule has 7 heteroatoms. The van der Waals surface area contributed by atoms with Crippen LogP contribution in [0.2, 0.25) is 0 Å². The van der Waals surface area contributed by atoms with Gasteiger partial charge in [0.25, 0.3) is 5.91 Å². The van der Waals surface area contributed by atoms with Crippen LogP contribution in [0.5, 0.6) is 0 Å². The summed E-state index contributed by atoms with van der Waals surface area (Å²) < 4.78 is 5.60. The van der Waals surface area contributed by atoms with E-state index >= 15 is 0 Å². The molecule has 0 radical (unpaired) electrons. The van der Waals surface area contributed by atoms with E-state index in [1.54, 1.807) is 12.1 Å². The average Bonchev–Trinajstić information content (AvgIpc) is 3.16. The Bertz CT molecular complexity index is 922. The van der Waals surface area contributed by atoms with Crippen molar-refractivity contribution in [1.29, 1.82) is 0 Å². The van der Waals surface area contributed by atoms with Crippen molar-refractivity contribution in [3.05, 3.63) is 71.6 Å². The highest BCUT2D eigenvalue weighted by atomic mass is 16.4. The molecule has 7 nitrogen and oxygen atoms in total. The first-order valence-corrected chi connectivity index (χ1v) is 8.66. The molecule has 0 spiro atoms. The fraction of sp³-hybridized carbons (Fsp3) is 0.200. The average molecular weight is 364 g/mol. The van der Waals surface area contributed by atoms with Crippen molar-refractivity contribution in [2.45, 2.75) is 26.2 Å². The van der Waals surface area contributed by atoms with E-state index in [1.165, 1.54) is 0 Å². The zero-order valence-corrected chi connectivity index (χ0v) is 14.9. The normalized spacial score (nSPS) is 10.4. The van der Waals surface area contributed by atoms with Gasteiger partial charge in [0.2, 0.25) is 17.7 Å². The molecular weight excluding hydrogens is 344 g/mol. The van der Waals surface area contributed by atoms with Crippen LogP contribution < -0.4 is 10.9 Å². The molecule has 0 aliphatic carbocycles. The molecule has 27 heavy (non-hydrogen) atoms. The number of carbonyl (C=O) groups excluding carboxylic acids is 2. The molecule has 2 aromatic carbocycles. The maximum atomic E-state index is 12.0. The number of carbonyl (C=O) groups is 2. The highest BCUT2D eigenvalue weighted by Crippen LogP contribution is 2.17. The van der Waals surface area contributed by atoms with Crippen molar-refractivity contribution in [3.63, 3.8) is 0 Å². The van der Waals surface area contributed by atoms with E-state index < -0.39 is 0 Å². The van der Waals surface area contributed by atoms with Crippen LogP contribution in [0.1, 0.15) is 34.7 Å². The molecule has 0 unspecified atom stereocenters. The molecule has 0 aliphatic heterocycles. The van der Waals surface area contributed by atoms with Gasteiger partial charge in [-0.3, -0.25) is 20.4 Å². The second kappa shape index (κ2) is 8.75. The van der Waals surface area contributed by atoms with Crippen LogP contribution in [0.4, 0.5) is 0 Å². The third-order valence-corrected chi connectivity index (χ3v) is 3.99. The number of aryl methyl sites for hydroxylation is 2. The van der Waals surface area contributed by atoms with Crippen molar-refractivity contribution in [3.8, 4) is 11.5 Å². The quantitative estimate of drug-likeness (QED) is 0.656. The standard InChI is InChI=1S/C20H20N4O3/c1-14-8-5-6-11-16(14)19(26)23-21-17(25)12-7-13-18-22-24-20(27-18)15-9-3-2-4-10-15/h2-6,8-11H,7,12-13H2,1H3,(H,21,25)(H,23,26). The maximum Gasteiger partial charge on any atom is 0.269 e. The van der Waals surface area contributed by atoms with E-state index in [2.05, 4.69) is 21.0 Å². The van der Waals surface area contributed by atoms with E-state index in [0.29, 0.717) is 30.2 Å². The first kappa shape index (κ1) is 18.3. The largest absolute Gasteiger partial charge is 0.421 e. The number of benzene rings is 2. The highest BCUT2D eigenvalue weighted by Gasteiger charge is 2.11. The Balaban J connectivity index is 1.42. The third kappa shape index (κ3) is 5.01. The number of nitrogens with one attached hydrogen (secondary N) is 2. The number of aromatic nitrogens is 2. The van der Waals surface area contributed by atoms with Gasteiger partial charge in [-0.1, -0.05) is 36.4 Å². The summed E-state index contributed by atoms with van der Waals surface area (Å²) in [6.45, 7) is 1.84. The van der Waals surface area contributed by atoms with Crippen molar-refractivity contribution in [1.82, 2.24) is 21.0 Å². The van der Waals surface area contributed by atoms with Crippen LogP contribution in [-0.4, -0.2) is 22.0 Å². The SMILES string of the molecule is Cc1ccccc1C(=O)NNC(=O)CCCc1nnc(-c2ccccc2)o1. The van der Waals surface area contributed by atoms with Gasteiger partial charge in [-0.25, -0.2) is 0 Å². The molecule has 0 saturated heterocycles. The van der Waals surface area contributed by atoms with Crippen LogP contribution >= 0.6 is 0 Å². The van der Waals surface area contributed by atoms with Gasteiger partial charge < -0.3 is 4.42 Å². The van der Waals surface area contributed by atoms with Crippen molar-refractivity contribution >= 4 is 11.8 Å².